The molecule has 1 aromatic carbocycles. The largest absolute Gasteiger partial charge is 0.192 e. The lowest BCUT2D eigenvalue weighted by Crippen LogP contribution is -1.79. The van der Waals surface area contributed by atoms with Crippen LogP contribution in [0.1, 0.15) is 18.1 Å². The highest BCUT2D eigenvalue weighted by molar-refractivity contribution is 7.17. The number of rotatable bonds is 1. The van der Waals surface area contributed by atoms with Gasteiger partial charge in [0.05, 0.1) is 16.7 Å². The summed E-state index contributed by atoms with van der Waals surface area (Å²) in [6.45, 7) is 2.11. The van der Waals surface area contributed by atoms with Crippen LogP contribution in [0.2, 0.25) is 5.02 Å². The Morgan fingerprint density at radius 1 is 1.50 bits per heavy atom. The van der Waals surface area contributed by atoms with Crippen LogP contribution in [-0.4, -0.2) is 0 Å². The molecule has 1 nitrogen and oxygen atoms in total. The summed E-state index contributed by atoms with van der Waals surface area (Å²) in [6.07, 6.45) is 0.978. The van der Waals surface area contributed by atoms with Crippen LogP contribution in [0.5, 0.6) is 0 Å². The van der Waals surface area contributed by atoms with Gasteiger partial charge in [-0.3, -0.25) is 0 Å². The van der Waals surface area contributed by atoms with Crippen molar-refractivity contribution in [3.63, 3.8) is 0 Å². The van der Waals surface area contributed by atoms with Gasteiger partial charge in [-0.1, -0.05) is 18.5 Å². The van der Waals surface area contributed by atoms with E-state index in [2.05, 4.69) is 18.4 Å². The zero-order chi connectivity index (χ0) is 10.1. The lowest BCUT2D eigenvalue weighted by molar-refractivity contribution is 1.17. The molecule has 0 aliphatic rings. The van der Waals surface area contributed by atoms with Gasteiger partial charge in [-0.2, -0.15) is 5.26 Å². The highest BCUT2D eigenvalue weighted by Crippen LogP contribution is 2.33. The third-order valence-corrected chi connectivity index (χ3v) is 3.49. The maximum atomic E-state index is 8.78. The molecule has 0 aliphatic heterocycles. The van der Waals surface area contributed by atoms with Gasteiger partial charge in [0, 0.05) is 10.1 Å². The Morgan fingerprint density at radius 2 is 2.29 bits per heavy atom. The van der Waals surface area contributed by atoms with Crippen LogP contribution in [0, 0.1) is 11.3 Å². The van der Waals surface area contributed by atoms with Crippen molar-refractivity contribution in [1.29, 1.82) is 5.26 Å². The van der Waals surface area contributed by atoms with E-state index >= 15 is 0 Å². The molecule has 0 radical (unpaired) electrons. The Balaban J connectivity index is 2.80. The van der Waals surface area contributed by atoms with Crippen LogP contribution in [0.15, 0.2) is 17.5 Å². The minimum atomic E-state index is 0.631. The Morgan fingerprint density at radius 3 is 2.93 bits per heavy atom. The molecule has 1 heterocycles. The molecule has 0 amide bonds. The van der Waals surface area contributed by atoms with Crippen molar-refractivity contribution >= 4 is 33.0 Å². The predicted octanol–water partition coefficient (Wildman–Crippen LogP) is 3.99. The fourth-order valence-electron chi connectivity index (χ4n) is 1.50. The van der Waals surface area contributed by atoms with Gasteiger partial charge < -0.3 is 0 Å². The summed E-state index contributed by atoms with van der Waals surface area (Å²) in [5.41, 5.74) is 1.89. The summed E-state index contributed by atoms with van der Waals surface area (Å²) < 4.78 is 1.10. The highest BCUT2D eigenvalue weighted by Gasteiger charge is 2.08. The number of thiophene rings is 1. The van der Waals surface area contributed by atoms with Crippen molar-refractivity contribution in [2.75, 3.05) is 0 Å². The van der Waals surface area contributed by atoms with E-state index in [0.717, 1.165) is 16.5 Å². The molecule has 0 saturated heterocycles. The molecule has 0 N–H and O–H groups in total. The van der Waals surface area contributed by atoms with E-state index in [4.69, 9.17) is 16.9 Å². The molecular weight excluding hydrogens is 214 g/mol. The molecular formula is C11H8ClNS. The zero-order valence-corrected chi connectivity index (χ0v) is 9.25. The lowest BCUT2D eigenvalue weighted by Gasteiger charge is -1.98. The molecule has 0 aliphatic carbocycles. The third-order valence-electron chi connectivity index (χ3n) is 2.21. The van der Waals surface area contributed by atoms with Gasteiger partial charge in [-0.05, 0) is 29.5 Å². The lowest BCUT2D eigenvalue weighted by atomic mass is 10.1. The van der Waals surface area contributed by atoms with Gasteiger partial charge in [0.15, 0.2) is 0 Å². The Labute approximate surface area is 91.5 Å². The molecule has 0 atom stereocenters. The molecule has 1 aromatic heterocycles. The number of nitriles is 1. The normalized spacial score (nSPS) is 10.4. The zero-order valence-electron chi connectivity index (χ0n) is 7.67. The van der Waals surface area contributed by atoms with Crippen LogP contribution in [0.25, 0.3) is 10.1 Å². The monoisotopic (exact) mass is 221 g/mol. The molecule has 0 saturated carbocycles. The van der Waals surface area contributed by atoms with Crippen molar-refractivity contribution in [3.05, 3.63) is 33.7 Å². The van der Waals surface area contributed by atoms with E-state index in [0.29, 0.717) is 10.6 Å². The minimum absolute atomic E-state index is 0.631. The Bertz CT molecular complexity index is 522. The summed E-state index contributed by atoms with van der Waals surface area (Å²) >= 11 is 7.77. The predicted molar refractivity (Wildman–Crippen MR) is 60.9 cm³/mol. The fourth-order valence-corrected chi connectivity index (χ4v) is 3.01. The van der Waals surface area contributed by atoms with E-state index < -0.39 is 0 Å². The van der Waals surface area contributed by atoms with Gasteiger partial charge in [0.2, 0.25) is 0 Å². The van der Waals surface area contributed by atoms with E-state index in [-0.39, 0.29) is 0 Å². The molecule has 0 unspecified atom stereocenters. The number of fused-ring (bicyclic) bond motifs is 1. The second-order valence-corrected chi connectivity index (χ2v) is 4.38. The molecule has 70 valence electrons. The minimum Gasteiger partial charge on any atom is -0.192 e. The molecule has 14 heavy (non-hydrogen) atoms. The standard InChI is InChI=1S/C11H8ClNS/c1-2-8-6-14-10-4-7(5-13)3-9(12)11(8)10/h3-4,6H,2H2,1H3. The smallest absolute Gasteiger partial charge is 0.0992 e. The molecule has 0 fully saturated rings. The van der Waals surface area contributed by atoms with Crippen LogP contribution >= 0.6 is 22.9 Å². The first-order chi connectivity index (χ1) is 6.76. The van der Waals surface area contributed by atoms with Crippen LogP contribution in [-0.2, 0) is 6.42 Å². The summed E-state index contributed by atoms with van der Waals surface area (Å²) in [7, 11) is 0. The average molecular weight is 222 g/mol. The van der Waals surface area contributed by atoms with Crippen LogP contribution in [0.3, 0.4) is 0 Å². The molecule has 0 spiro atoms. The highest BCUT2D eigenvalue weighted by atomic mass is 35.5. The summed E-state index contributed by atoms with van der Waals surface area (Å²) in [5.74, 6) is 0. The number of benzene rings is 1. The average Bonchev–Trinajstić information content (AvgIpc) is 2.61. The Kier molecular flexibility index (Phi) is 2.45. The quantitative estimate of drug-likeness (QED) is 0.715. The van der Waals surface area contributed by atoms with Gasteiger partial charge in [-0.25, -0.2) is 0 Å². The van der Waals surface area contributed by atoms with Crippen molar-refractivity contribution in [1.82, 2.24) is 0 Å². The topological polar surface area (TPSA) is 23.8 Å². The van der Waals surface area contributed by atoms with E-state index in [1.807, 2.05) is 6.07 Å². The summed E-state index contributed by atoms with van der Waals surface area (Å²) in [4.78, 5) is 0. The van der Waals surface area contributed by atoms with Gasteiger partial charge >= 0.3 is 0 Å². The van der Waals surface area contributed by atoms with Crippen molar-refractivity contribution in [3.8, 4) is 6.07 Å². The number of hydrogen-bond donors (Lipinski definition) is 0. The fraction of sp³-hybridized carbons (Fsp3) is 0.182. The van der Waals surface area contributed by atoms with E-state index in [1.165, 1.54) is 5.56 Å². The maximum absolute atomic E-state index is 8.78. The number of aryl methyl sites for hydroxylation is 1. The van der Waals surface area contributed by atoms with Gasteiger partial charge in [0.1, 0.15) is 0 Å². The van der Waals surface area contributed by atoms with Crippen LogP contribution < -0.4 is 0 Å². The van der Waals surface area contributed by atoms with Gasteiger partial charge in [-0.15, -0.1) is 11.3 Å². The van der Waals surface area contributed by atoms with Gasteiger partial charge in [0.25, 0.3) is 0 Å². The molecule has 2 aromatic rings. The van der Waals surface area contributed by atoms with E-state index in [9.17, 15) is 0 Å². The molecule has 3 heteroatoms. The first-order valence-electron chi connectivity index (χ1n) is 4.36. The SMILES string of the molecule is CCc1csc2cc(C#N)cc(Cl)c12. The number of hydrogen-bond acceptors (Lipinski definition) is 2. The second-order valence-electron chi connectivity index (χ2n) is 3.06. The maximum Gasteiger partial charge on any atom is 0.0992 e. The number of halogens is 1. The first-order valence-corrected chi connectivity index (χ1v) is 5.61. The first kappa shape index (κ1) is 9.51. The molecule has 2 rings (SSSR count). The van der Waals surface area contributed by atoms with Crippen LogP contribution in [0.4, 0.5) is 0 Å². The summed E-state index contributed by atoms with van der Waals surface area (Å²) in [5, 5.41) is 12.7. The van der Waals surface area contributed by atoms with Crippen molar-refractivity contribution < 1.29 is 0 Å². The molecule has 0 bridgehead atoms. The second kappa shape index (κ2) is 3.61. The van der Waals surface area contributed by atoms with Crippen molar-refractivity contribution in [2.24, 2.45) is 0 Å². The number of nitrogens with zero attached hydrogens (tertiary/aromatic N) is 1. The third kappa shape index (κ3) is 1.39. The van der Waals surface area contributed by atoms with E-state index in [1.54, 1.807) is 17.4 Å². The van der Waals surface area contributed by atoms with Crippen molar-refractivity contribution in [2.45, 2.75) is 13.3 Å². The summed E-state index contributed by atoms with van der Waals surface area (Å²) in [6, 6.07) is 5.74. The Hall–Kier alpha value is -1.04.